The van der Waals surface area contributed by atoms with Gasteiger partial charge in [0.25, 0.3) is 0 Å². The summed E-state index contributed by atoms with van der Waals surface area (Å²) in [5.41, 5.74) is -3.64. The van der Waals surface area contributed by atoms with E-state index < -0.39 is 23.1 Å². The van der Waals surface area contributed by atoms with E-state index in [0.29, 0.717) is 32.7 Å². The normalized spacial score (nSPS) is 15.4. The summed E-state index contributed by atoms with van der Waals surface area (Å²) in [7, 11) is 0. The number of rotatable bonds is 11. The number of hydrogen-bond donors (Lipinski definition) is 3. The second-order valence-electron chi connectivity index (χ2n) is 9.91. The van der Waals surface area contributed by atoms with Crippen molar-refractivity contribution < 1.29 is 34.4 Å². The second-order valence-corrected chi connectivity index (χ2v) is 13.7. The third-order valence-corrected chi connectivity index (χ3v) is 11.0. The molecule has 12 heteroatoms. The molecule has 0 bridgehead atoms. The summed E-state index contributed by atoms with van der Waals surface area (Å²) in [5, 5.41) is 37.9. The highest BCUT2D eigenvalue weighted by atomic mass is 32.1. The first-order valence-corrected chi connectivity index (χ1v) is 17.3. The van der Waals surface area contributed by atoms with Gasteiger partial charge in [-0.3, -0.25) is 4.90 Å². The summed E-state index contributed by atoms with van der Waals surface area (Å²) in [4.78, 5) is 28.4. The average Bonchev–Trinajstić information content (AvgIpc) is 3.88. The van der Waals surface area contributed by atoms with Crippen LogP contribution in [0, 0.1) is 0 Å². The number of ether oxygens (including phenoxy) is 2. The summed E-state index contributed by atoms with van der Waals surface area (Å²) in [6.07, 6.45) is 0.521. The van der Waals surface area contributed by atoms with Crippen LogP contribution in [0.5, 0.6) is 5.75 Å². The number of carbonyl (C=O) groups excluding carboxylic acids is 1. The van der Waals surface area contributed by atoms with Gasteiger partial charge in [0.05, 0.1) is 19.5 Å². The minimum absolute atomic E-state index is 0.231. The molecule has 1 saturated heterocycles. The van der Waals surface area contributed by atoms with Crippen LogP contribution in [0.15, 0.2) is 100 Å². The molecule has 8 nitrogen and oxygen atoms in total. The first kappa shape index (κ1) is 32.0. The number of carboxylic acids is 1. The fraction of sp³-hybridized carbons (Fsp3) is 0.250. The Balaban J connectivity index is 0.000000215. The maximum atomic E-state index is 13.0. The van der Waals surface area contributed by atoms with Gasteiger partial charge in [-0.25, -0.2) is 9.59 Å². The van der Waals surface area contributed by atoms with E-state index >= 15 is 0 Å². The number of hydrogen-bond acceptors (Lipinski definition) is 11. The van der Waals surface area contributed by atoms with E-state index in [1.54, 1.807) is 47.2 Å². The van der Waals surface area contributed by atoms with E-state index in [0.717, 1.165) is 25.3 Å². The lowest BCUT2D eigenvalue weighted by molar-refractivity contribution is -0.166. The fourth-order valence-corrected chi connectivity index (χ4v) is 8.17. The second kappa shape index (κ2) is 14.6. The van der Waals surface area contributed by atoms with Gasteiger partial charge in [-0.15, -0.1) is 45.3 Å². The molecule has 1 aromatic carbocycles. The number of likely N-dealkylation sites (tertiary alicyclic amines) is 1. The van der Waals surface area contributed by atoms with Gasteiger partial charge >= 0.3 is 11.9 Å². The lowest BCUT2D eigenvalue weighted by atomic mass is 10.00. The van der Waals surface area contributed by atoms with Crippen LogP contribution >= 0.6 is 45.3 Å². The van der Waals surface area contributed by atoms with Crippen LogP contribution in [0.1, 0.15) is 25.9 Å². The summed E-state index contributed by atoms with van der Waals surface area (Å²) in [6.45, 7) is 2.84. The van der Waals surface area contributed by atoms with E-state index in [1.807, 2.05) is 53.2 Å². The zero-order valence-corrected chi connectivity index (χ0v) is 26.7. The molecule has 0 amide bonds. The lowest BCUT2D eigenvalue weighted by Gasteiger charge is -2.26. The topological polar surface area (TPSA) is 117 Å². The van der Waals surface area contributed by atoms with Gasteiger partial charge in [0.15, 0.2) is 0 Å². The smallest absolute Gasteiger partial charge is 0.349 e. The van der Waals surface area contributed by atoms with Crippen molar-refractivity contribution in [2.24, 2.45) is 0 Å². The quantitative estimate of drug-likeness (QED) is 0.150. The minimum atomic E-state index is -1.90. The van der Waals surface area contributed by atoms with Crippen LogP contribution in [-0.4, -0.2) is 64.5 Å². The number of carbonyl (C=O) groups is 2. The number of nitrogens with zero attached hydrogens (tertiary/aromatic N) is 1. The van der Waals surface area contributed by atoms with E-state index in [4.69, 9.17) is 14.6 Å². The van der Waals surface area contributed by atoms with E-state index in [-0.39, 0.29) is 6.10 Å². The summed E-state index contributed by atoms with van der Waals surface area (Å²) < 4.78 is 11.5. The van der Waals surface area contributed by atoms with Gasteiger partial charge in [0.2, 0.25) is 11.2 Å². The molecular weight excluding hydrogens is 639 g/mol. The summed E-state index contributed by atoms with van der Waals surface area (Å²) in [6, 6.07) is 23.6. The van der Waals surface area contributed by atoms with Gasteiger partial charge in [-0.2, -0.15) is 0 Å². The molecule has 4 aromatic heterocycles. The Bertz CT molecular complexity index is 1500. The Morgan fingerprint density at radius 2 is 1.25 bits per heavy atom. The molecule has 44 heavy (non-hydrogen) atoms. The molecular formula is C32H31NO7S4. The van der Waals surface area contributed by atoms with Crippen molar-refractivity contribution in [3.8, 4) is 5.75 Å². The molecule has 0 aliphatic carbocycles. The number of benzene rings is 1. The zero-order valence-electron chi connectivity index (χ0n) is 23.5. The predicted molar refractivity (Wildman–Crippen MR) is 174 cm³/mol. The molecule has 0 unspecified atom stereocenters. The van der Waals surface area contributed by atoms with Gasteiger partial charge in [-0.1, -0.05) is 42.5 Å². The number of aliphatic carboxylic acids is 1. The standard InChI is InChI=1S/C22H23NO4S2.C10H8O3S2/c24-21(22(25,19-8-4-14-28-19)20-9-5-15-29-20)27-18-10-11-23(16-18)12-13-26-17-6-2-1-3-7-17;11-9(12)10(13,7-3-1-5-14-7)8-4-2-6-15-8/h1-9,14-15,18,25H,10-13,16H2;1-6,13H,(H,11,12)/t18-;/m1./s1. The maximum Gasteiger partial charge on any atom is 0.349 e. The van der Waals surface area contributed by atoms with Gasteiger partial charge in [0, 0.05) is 19.6 Å². The van der Waals surface area contributed by atoms with E-state index in [1.165, 1.54) is 45.3 Å². The number of thiophene rings is 4. The van der Waals surface area contributed by atoms with Gasteiger partial charge < -0.3 is 24.8 Å². The van der Waals surface area contributed by atoms with Crippen molar-refractivity contribution in [3.63, 3.8) is 0 Å². The van der Waals surface area contributed by atoms with Gasteiger partial charge in [0.1, 0.15) is 18.5 Å². The summed E-state index contributed by atoms with van der Waals surface area (Å²) >= 11 is 5.17. The van der Waals surface area contributed by atoms with Crippen molar-refractivity contribution in [2.45, 2.75) is 23.7 Å². The number of para-hydroxylation sites is 1. The lowest BCUT2D eigenvalue weighted by Crippen LogP contribution is -2.40. The first-order chi connectivity index (χ1) is 21.3. The Kier molecular flexibility index (Phi) is 10.6. The molecule has 1 fully saturated rings. The Labute approximate surface area is 271 Å². The first-order valence-electron chi connectivity index (χ1n) is 13.8. The molecule has 5 aromatic rings. The summed E-state index contributed by atoms with van der Waals surface area (Å²) in [5.74, 6) is -0.992. The minimum Gasteiger partial charge on any atom is -0.492 e. The van der Waals surface area contributed by atoms with Gasteiger partial charge in [-0.05, 0) is 64.3 Å². The third kappa shape index (κ3) is 7.13. The molecule has 3 N–H and O–H groups in total. The number of aliphatic hydroxyl groups is 2. The number of esters is 1. The van der Waals surface area contributed by atoms with Crippen LogP contribution < -0.4 is 4.74 Å². The number of carboxylic acid groups (broad SMARTS) is 1. The van der Waals surface area contributed by atoms with Crippen LogP contribution in [0.3, 0.4) is 0 Å². The highest BCUT2D eigenvalue weighted by Gasteiger charge is 2.45. The zero-order chi connectivity index (χ0) is 31.0. The Morgan fingerprint density at radius 3 is 1.70 bits per heavy atom. The van der Waals surface area contributed by atoms with E-state index in [9.17, 15) is 19.8 Å². The maximum absolute atomic E-state index is 13.0. The highest BCUT2D eigenvalue weighted by Crippen LogP contribution is 2.38. The average molecular weight is 670 g/mol. The van der Waals surface area contributed by atoms with Crippen LogP contribution in [0.4, 0.5) is 0 Å². The SMILES string of the molecule is O=C(O)C(O)(c1cccs1)c1cccs1.O=C(O[C@@H]1CCN(CCOc2ccccc2)C1)C(O)(c1cccs1)c1cccs1. The molecule has 0 radical (unpaired) electrons. The van der Waals surface area contributed by atoms with Crippen LogP contribution in [-0.2, 0) is 25.5 Å². The molecule has 5 heterocycles. The molecule has 1 atom stereocenters. The largest absolute Gasteiger partial charge is 0.492 e. The molecule has 1 aliphatic heterocycles. The van der Waals surface area contributed by atoms with Crippen LogP contribution in [0.25, 0.3) is 0 Å². The third-order valence-electron chi connectivity index (χ3n) is 7.04. The van der Waals surface area contributed by atoms with E-state index in [2.05, 4.69) is 4.90 Å². The van der Waals surface area contributed by atoms with Crippen molar-refractivity contribution in [3.05, 3.63) is 120 Å². The monoisotopic (exact) mass is 669 g/mol. The molecule has 230 valence electrons. The predicted octanol–water partition coefficient (Wildman–Crippen LogP) is 5.87. The molecule has 0 spiro atoms. The van der Waals surface area contributed by atoms with Crippen molar-refractivity contribution in [2.75, 3.05) is 26.2 Å². The molecule has 1 aliphatic rings. The molecule has 0 saturated carbocycles. The van der Waals surface area contributed by atoms with Crippen molar-refractivity contribution in [1.82, 2.24) is 4.90 Å². The highest BCUT2D eigenvalue weighted by molar-refractivity contribution is 7.12. The Morgan fingerprint density at radius 1 is 0.750 bits per heavy atom. The van der Waals surface area contributed by atoms with Crippen molar-refractivity contribution >= 4 is 57.3 Å². The molecule has 6 rings (SSSR count). The fourth-order valence-electron chi connectivity index (χ4n) is 4.73. The van der Waals surface area contributed by atoms with Crippen molar-refractivity contribution in [1.29, 1.82) is 0 Å². The Hall–Kier alpha value is -3.36. The van der Waals surface area contributed by atoms with Crippen LogP contribution in [0.2, 0.25) is 0 Å².